The molecule has 2 unspecified atom stereocenters. The predicted octanol–water partition coefficient (Wildman–Crippen LogP) is 6.78. The normalized spacial score (nSPS) is 19.3. The highest BCUT2D eigenvalue weighted by molar-refractivity contribution is 5.68. The molecule has 1 aromatic heterocycles. The number of halogens is 3. The van der Waals surface area contributed by atoms with Crippen LogP contribution in [0, 0.1) is 17.7 Å². The van der Waals surface area contributed by atoms with Gasteiger partial charge in [0.05, 0.1) is 19.3 Å². The second kappa shape index (κ2) is 14.4. The topological polar surface area (TPSA) is 93.0 Å². The summed E-state index contributed by atoms with van der Waals surface area (Å²) in [6, 6.07) is 5.36. The highest BCUT2D eigenvalue weighted by atomic mass is 19.3. The number of benzene rings is 1. The Morgan fingerprint density at radius 1 is 1.16 bits per heavy atom. The van der Waals surface area contributed by atoms with Crippen LogP contribution in [0.25, 0.3) is 0 Å². The third kappa shape index (κ3) is 9.74. The molecule has 12 heteroatoms. The highest BCUT2D eigenvalue weighted by Crippen LogP contribution is 2.31. The van der Waals surface area contributed by atoms with Crippen molar-refractivity contribution in [3.63, 3.8) is 0 Å². The smallest absolute Gasteiger partial charge is 0.408 e. The number of aryl methyl sites for hydroxylation is 1. The summed E-state index contributed by atoms with van der Waals surface area (Å²) in [6.07, 6.45) is 1.76. The van der Waals surface area contributed by atoms with Gasteiger partial charge in [-0.1, -0.05) is 32.0 Å². The average Bonchev–Trinajstić information content (AvgIpc) is 3.58. The van der Waals surface area contributed by atoms with Crippen LogP contribution in [0.5, 0.6) is 5.75 Å². The molecule has 2 saturated heterocycles. The van der Waals surface area contributed by atoms with Crippen LogP contribution >= 0.6 is 0 Å². The molecule has 2 aliphatic rings. The van der Waals surface area contributed by atoms with Crippen LogP contribution in [0.4, 0.5) is 24.0 Å². The van der Waals surface area contributed by atoms with Gasteiger partial charge in [-0.25, -0.2) is 18.0 Å². The van der Waals surface area contributed by atoms with Gasteiger partial charge in [-0.3, -0.25) is 4.90 Å². The monoisotopic (exact) mass is 623 g/mol. The summed E-state index contributed by atoms with van der Waals surface area (Å²) in [4.78, 5) is 20.6. The van der Waals surface area contributed by atoms with Crippen molar-refractivity contribution in [1.82, 2.24) is 20.4 Å². The van der Waals surface area contributed by atoms with E-state index in [0.717, 1.165) is 38.2 Å². The van der Waals surface area contributed by atoms with Gasteiger partial charge >= 0.3 is 12.1 Å². The highest BCUT2D eigenvalue weighted by Gasteiger charge is 2.41. The number of rotatable bonds is 12. The molecule has 246 valence electrons. The van der Waals surface area contributed by atoms with E-state index in [1.54, 1.807) is 32.9 Å². The second-order valence-electron chi connectivity index (χ2n) is 13.6. The molecule has 1 aromatic carbocycles. The van der Waals surface area contributed by atoms with Crippen LogP contribution in [0.1, 0.15) is 91.0 Å². The number of hydrogen-bond donors (Lipinski definition) is 1. The number of aromatic nitrogens is 2. The van der Waals surface area contributed by atoms with Crippen LogP contribution in [-0.4, -0.2) is 71.6 Å². The number of likely N-dealkylation sites (tertiary alicyclic amines) is 1. The Kier molecular flexibility index (Phi) is 11.1. The summed E-state index contributed by atoms with van der Waals surface area (Å²) >= 11 is 0. The minimum Gasteiger partial charge on any atom is -0.493 e. The molecular formula is C32H48F3N5O4. The van der Waals surface area contributed by atoms with Crippen molar-refractivity contribution in [1.29, 1.82) is 0 Å². The molecule has 2 aliphatic heterocycles. The van der Waals surface area contributed by atoms with E-state index >= 15 is 4.39 Å². The van der Waals surface area contributed by atoms with Gasteiger partial charge in [0.1, 0.15) is 17.2 Å². The maximum absolute atomic E-state index is 15.0. The van der Waals surface area contributed by atoms with Crippen LogP contribution in [0.2, 0.25) is 0 Å². The first-order chi connectivity index (χ1) is 20.7. The number of amides is 1. The molecular weight excluding hydrogens is 575 g/mol. The lowest BCUT2D eigenvalue weighted by atomic mass is 9.84. The number of nitrogens with zero attached hydrogens (tertiary/aromatic N) is 4. The van der Waals surface area contributed by atoms with E-state index in [1.165, 1.54) is 11.0 Å². The van der Waals surface area contributed by atoms with Gasteiger partial charge in [0.2, 0.25) is 0 Å². The van der Waals surface area contributed by atoms with Gasteiger partial charge in [-0.2, -0.15) is 4.98 Å². The van der Waals surface area contributed by atoms with E-state index in [-0.39, 0.29) is 31.7 Å². The van der Waals surface area contributed by atoms with E-state index in [2.05, 4.69) is 27.3 Å². The summed E-state index contributed by atoms with van der Waals surface area (Å²) < 4.78 is 59.6. The molecule has 9 nitrogen and oxygen atoms in total. The van der Waals surface area contributed by atoms with Crippen LogP contribution < -0.4 is 15.0 Å². The summed E-state index contributed by atoms with van der Waals surface area (Å²) in [5.41, 5.74) is -0.296. The fraction of sp³-hybridized carbons (Fsp3) is 0.719. The van der Waals surface area contributed by atoms with Gasteiger partial charge < -0.3 is 24.2 Å². The van der Waals surface area contributed by atoms with Crippen molar-refractivity contribution >= 4 is 12.1 Å². The first-order valence-corrected chi connectivity index (χ1v) is 15.8. The quantitative estimate of drug-likeness (QED) is 0.277. The molecule has 0 spiro atoms. The fourth-order valence-electron chi connectivity index (χ4n) is 5.78. The van der Waals surface area contributed by atoms with Crippen LogP contribution in [0.3, 0.4) is 0 Å². The number of nitrogens with one attached hydrogen (secondary N) is 1. The molecule has 0 saturated carbocycles. The maximum atomic E-state index is 15.0. The molecule has 1 amide bonds. The minimum atomic E-state index is -2.82. The zero-order valence-electron chi connectivity index (χ0n) is 26.9. The van der Waals surface area contributed by atoms with Crippen LogP contribution in [0.15, 0.2) is 22.7 Å². The molecule has 0 bridgehead atoms. The zero-order chi connectivity index (χ0) is 32.1. The minimum absolute atomic E-state index is 0.137. The van der Waals surface area contributed by atoms with E-state index in [4.69, 9.17) is 14.0 Å². The summed E-state index contributed by atoms with van der Waals surface area (Å²) in [5, 5.41) is 6.77. The number of alkyl halides is 2. The third-order valence-electron chi connectivity index (χ3n) is 8.44. The number of ether oxygens (including phenoxy) is 2. The second-order valence-corrected chi connectivity index (χ2v) is 13.6. The molecule has 4 rings (SSSR count). The molecule has 2 atom stereocenters. The average molecular weight is 624 g/mol. The van der Waals surface area contributed by atoms with E-state index in [9.17, 15) is 13.6 Å². The zero-order valence-corrected chi connectivity index (χ0v) is 26.9. The van der Waals surface area contributed by atoms with Crippen molar-refractivity contribution in [3.05, 3.63) is 35.4 Å². The Bertz CT molecular complexity index is 1230. The Balaban J connectivity index is 1.23. The lowest BCUT2D eigenvalue weighted by molar-refractivity contribution is 0.00202. The van der Waals surface area contributed by atoms with E-state index in [1.807, 2.05) is 13.8 Å². The largest absolute Gasteiger partial charge is 0.493 e. The van der Waals surface area contributed by atoms with E-state index < -0.39 is 36.1 Å². The molecule has 3 heterocycles. The first kappa shape index (κ1) is 33.9. The molecule has 44 heavy (non-hydrogen) atoms. The summed E-state index contributed by atoms with van der Waals surface area (Å²) in [6.45, 7) is 13.4. The number of carbonyl (C=O) groups excluding carboxylic acids is 1. The number of carbonyl (C=O) groups is 1. The lowest BCUT2D eigenvalue weighted by Crippen LogP contribution is -2.49. The number of anilines is 1. The lowest BCUT2D eigenvalue weighted by Gasteiger charge is -2.33. The number of hydrogen-bond acceptors (Lipinski definition) is 8. The maximum Gasteiger partial charge on any atom is 0.408 e. The summed E-state index contributed by atoms with van der Waals surface area (Å²) in [7, 11) is 0. The van der Waals surface area contributed by atoms with Gasteiger partial charge in [0.25, 0.3) is 5.92 Å². The van der Waals surface area contributed by atoms with Gasteiger partial charge in [-0.15, -0.1) is 0 Å². The first-order valence-electron chi connectivity index (χ1n) is 15.8. The van der Waals surface area contributed by atoms with E-state index in [0.29, 0.717) is 35.8 Å². The fourth-order valence-corrected chi connectivity index (χ4v) is 5.78. The van der Waals surface area contributed by atoms with Crippen molar-refractivity contribution in [3.8, 4) is 5.75 Å². The van der Waals surface area contributed by atoms with Crippen molar-refractivity contribution in [2.45, 2.75) is 104 Å². The van der Waals surface area contributed by atoms with Crippen LogP contribution in [-0.2, 0) is 11.2 Å². The molecule has 2 fully saturated rings. The Labute approximate surface area is 258 Å². The number of piperidine rings is 1. The molecule has 2 aromatic rings. The number of alkyl carbamates (subject to hydrolysis) is 1. The Hall–Kier alpha value is -3.02. The Morgan fingerprint density at radius 2 is 1.89 bits per heavy atom. The SMILES string of the molecule is CC(C)c1noc(N2CCC(C(C)CCOc3ccc(CCC(NC(=O)OC(C)(C)C)N4CCC(F)(F)C4)c(F)c3)CC2)n1. The Morgan fingerprint density at radius 3 is 2.48 bits per heavy atom. The van der Waals surface area contributed by atoms with Crippen molar-refractivity contribution in [2.75, 3.05) is 37.7 Å². The van der Waals surface area contributed by atoms with Crippen molar-refractivity contribution < 1.29 is 32.0 Å². The summed E-state index contributed by atoms with van der Waals surface area (Å²) in [5.74, 6) is -0.832. The molecule has 0 aliphatic carbocycles. The van der Waals surface area contributed by atoms with Gasteiger partial charge in [-0.05, 0) is 76.3 Å². The van der Waals surface area contributed by atoms with Gasteiger partial charge in [0.15, 0.2) is 5.82 Å². The van der Waals surface area contributed by atoms with Crippen molar-refractivity contribution in [2.24, 2.45) is 11.8 Å². The molecule has 0 radical (unpaired) electrons. The third-order valence-corrected chi connectivity index (χ3v) is 8.44. The molecule has 1 N–H and O–H groups in total. The standard InChI is InChI=1S/C32H48F3N5O4/c1-21(2)28-37-29(44-38-28)39-15-11-23(12-16-39)22(3)13-18-42-25-9-7-24(26(33)19-25)8-10-27(36-30(41)43-31(4,5)6)40-17-14-32(34,35)20-40/h7,9,19,21-23,27H,8,10-18,20H2,1-6H3,(H,36,41). The van der Waals surface area contributed by atoms with Gasteiger partial charge in [0, 0.05) is 38.0 Å². The predicted molar refractivity (Wildman–Crippen MR) is 162 cm³/mol.